The normalized spacial score (nSPS) is 8.81. The number of rotatable bonds is 4. The first kappa shape index (κ1) is 13.9. The van der Waals surface area contributed by atoms with Gasteiger partial charge < -0.3 is 15.0 Å². The number of carbonyl (C=O) groups is 3. The third-order valence-corrected chi connectivity index (χ3v) is 1.75. The number of nitriles is 1. The Labute approximate surface area is 93.0 Å². The Bertz CT molecular complexity index is 321. The van der Waals surface area contributed by atoms with Crippen molar-refractivity contribution in [2.24, 2.45) is 0 Å². The smallest absolute Gasteiger partial charge is 0.311 e. The third kappa shape index (κ3) is 4.95. The molecule has 0 heterocycles. The van der Waals surface area contributed by atoms with Crippen LogP contribution in [0.15, 0.2) is 0 Å². The number of ether oxygens (including phenoxy) is 1. The average molecular weight is 227 g/mol. The highest BCUT2D eigenvalue weighted by Crippen LogP contribution is 1.91. The van der Waals surface area contributed by atoms with Crippen LogP contribution in [0.3, 0.4) is 0 Å². The topological polar surface area (TPSA) is 99.5 Å². The Morgan fingerprint density at radius 2 is 2.06 bits per heavy atom. The molecule has 7 nitrogen and oxygen atoms in total. The van der Waals surface area contributed by atoms with Gasteiger partial charge in [-0.25, -0.2) is 0 Å². The predicted molar refractivity (Wildman–Crippen MR) is 52.9 cm³/mol. The number of carbonyl (C=O) groups excluding carboxylic acids is 3. The summed E-state index contributed by atoms with van der Waals surface area (Å²) in [5, 5.41) is 10.3. The molecule has 0 saturated heterocycles. The first-order valence-corrected chi connectivity index (χ1v) is 4.50. The lowest BCUT2D eigenvalue weighted by Crippen LogP contribution is -2.41. The van der Waals surface area contributed by atoms with Crippen LogP contribution in [0.1, 0.15) is 6.42 Å². The van der Waals surface area contributed by atoms with Crippen LogP contribution < -0.4 is 5.32 Å². The van der Waals surface area contributed by atoms with Gasteiger partial charge in [-0.3, -0.25) is 14.4 Å². The SMILES string of the molecule is COC(=O)CCN(C)C(=O)C(=O)NCC#N. The van der Waals surface area contributed by atoms with Crippen LogP contribution in [-0.4, -0.2) is 49.9 Å². The number of hydrogen-bond acceptors (Lipinski definition) is 5. The fourth-order valence-electron chi connectivity index (χ4n) is 0.831. The zero-order valence-electron chi connectivity index (χ0n) is 9.15. The fourth-order valence-corrected chi connectivity index (χ4v) is 0.831. The number of nitrogens with one attached hydrogen (secondary N) is 1. The molecular weight excluding hydrogens is 214 g/mol. The van der Waals surface area contributed by atoms with E-state index in [4.69, 9.17) is 5.26 Å². The van der Waals surface area contributed by atoms with Gasteiger partial charge in [-0.1, -0.05) is 0 Å². The van der Waals surface area contributed by atoms with Crippen molar-refractivity contribution in [3.8, 4) is 6.07 Å². The number of nitrogens with zero attached hydrogens (tertiary/aromatic N) is 2. The third-order valence-electron chi connectivity index (χ3n) is 1.75. The zero-order chi connectivity index (χ0) is 12.6. The van der Waals surface area contributed by atoms with Gasteiger partial charge in [0, 0.05) is 13.6 Å². The summed E-state index contributed by atoms with van der Waals surface area (Å²) in [4.78, 5) is 34.3. The monoisotopic (exact) mass is 227 g/mol. The van der Waals surface area contributed by atoms with Crippen molar-refractivity contribution in [3.05, 3.63) is 0 Å². The fraction of sp³-hybridized carbons (Fsp3) is 0.556. The zero-order valence-corrected chi connectivity index (χ0v) is 9.15. The molecule has 0 aromatic rings. The van der Waals surface area contributed by atoms with Crippen molar-refractivity contribution >= 4 is 17.8 Å². The lowest BCUT2D eigenvalue weighted by atomic mass is 10.4. The molecule has 0 aromatic carbocycles. The van der Waals surface area contributed by atoms with Gasteiger partial charge in [0.15, 0.2) is 0 Å². The second-order valence-electron chi connectivity index (χ2n) is 2.89. The van der Waals surface area contributed by atoms with Crippen molar-refractivity contribution in [2.75, 3.05) is 27.2 Å². The molecule has 0 unspecified atom stereocenters. The molecule has 0 atom stereocenters. The summed E-state index contributed by atoms with van der Waals surface area (Å²) in [7, 11) is 2.63. The summed E-state index contributed by atoms with van der Waals surface area (Å²) in [5.74, 6) is -2.12. The van der Waals surface area contributed by atoms with Gasteiger partial charge >= 0.3 is 17.8 Å². The van der Waals surface area contributed by atoms with Crippen LogP contribution in [0.4, 0.5) is 0 Å². The number of hydrogen-bond donors (Lipinski definition) is 1. The highest BCUT2D eigenvalue weighted by molar-refractivity contribution is 6.34. The van der Waals surface area contributed by atoms with E-state index in [-0.39, 0.29) is 19.5 Å². The summed E-state index contributed by atoms with van der Waals surface area (Å²) in [6.07, 6.45) is 0.0181. The number of methoxy groups -OCH3 is 1. The lowest BCUT2D eigenvalue weighted by molar-refractivity contribution is -0.146. The van der Waals surface area contributed by atoms with Gasteiger partial charge in [0.05, 0.1) is 19.6 Å². The Hall–Kier alpha value is -2.10. The van der Waals surface area contributed by atoms with Gasteiger partial charge in [-0.05, 0) is 0 Å². The number of esters is 1. The van der Waals surface area contributed by atoms with Gasteiger partial charge in [-0.15, -0.1) is 0 Å². The Balaban J connectivity index is 4.03. The predicted octanol–water partition coefficient (Wildman–Crippen LogP) is -1.35. The van der Waals surface area contributed by atoms with Crippen LogP contribution >= 0.6 is 0 Å². The minimum absolute atomic E-state index is 0.0181. The molecule has 16 heavy (non-hydrogen) atoms. The van der Waals surface area contributed by atoms with Crippen molar-refractivity contribution in [2.45, 2.75) is 6.42 Å². The Morgan fingerprint density at radius 3 is 2.56 bits per heavy atom. The van der Waals surface area contributed by atoms with E-state index in [1.54, 1.807) is 6.07 Å². The maximum absolute atomic E-state index is 11.3. The molecule has 0 aliphatic heterocycles. The summed E-state index contributed by atoms with van der Waals surface area (Å²) in [6.45, 7) is -0.138. The maximum Gasteiger partial charge on any atom is 0.311 e. The highest BCUT2D eigenvalue weighted by atomic mass is 16.5. The van der Waals surface area contributed by atoms with Crippen LogP contribution in [0.2, 0.25) is 0 Å². The minimum atomic E-state index is -0.867. The molecule has 0 radical (unpaired) electrons. The van der Waals surface area contributed by atoms with E-state index in [0.717, 1.165) is 4.90 Å². The molecule has 0 rings (SSSR count). The van der Waals surface area contributed by atoms with Crippen molar-refractivity contribution in [1.29, 1.82) is 5.26 Å². The first-order valence-electron chi connectivity index (χ1n) is 4.50. The minimum Gasteiger partial charge on any atom is -0.469 e. The van der Waals surface area contributed by atoms with Gasteiger partial charge in [-0.2, -0.15) is 5.26 Å². The molecule has 0 aliphatic carbocycles. The molecule has 0 fully saturated rings. The molecule has 7 heteroatoms. The van der Waals surface area contributed by atoms with E-state index in [0.29, 0.717) is 0 Å². The summed E-state index contributed by atoms with van der Waals surface area (Å²) in [6, 6.07) is 1.67. The molecule has 0 bridgehead atoms. The summed E-state index contributed by atoms with van der Waals surface area (Å²) in [5.41, 5.74) is 0. The van der Waals surface area contributed by atoms with E-state index in [1.165, 1.54) is 14.2 Å². The van der Waals surface area contributed by atoms with Gasteiger partial charge in [0.1, 0.15) is 6.54 Å². The maximum atomic E-state index is 11.3. The van der Waals surface area contributed by atoms with E-state index in [2.05, 4.69) is 10.1 Å². The van der Waals surface area contributed by atoms with E-state index in [1.807, 2.05) is 0 Å². The summed E-state index contributed by atoms with van der Waals surface area (Å²) >= 11 is 0. The van der Waals surface area contributed by atoms with E-state index < -0.39 is 17.8 Å². The molecule has 1 N–H and O–H groups in total. The molecule has 2 amide bonds. The number of likely N-dealkylation sites (N-methyl/N-ethyl adjacent to an activating group) is 1. The summed E-state index contributed by atoms with van der Waals surface area (Å²) < 4.78 is 4.39. The second-order valence-corrected chi connectivity index (χ2v) is 2.89. The molecule has 0 spiro atoms. The lowest BCUT2D eigenvalue weighted by Gasteiger charge is -2.15. The second kappa shape index (κ2) is 7.23. The molecule has 0 aromatic heterocycles. The van der Waals surface area contributed by atoms with Gasteiger partial charge in [0.25, 0.3) is 0 Å². The Morgan fingerprint density at radius 1 is 1.44 bits per heavy atom. The number of amides is 2. The van der Waals surface area contributed by atoms with Gasteiger partial charge in [0.2, 0.25) is 0 Å². The van der Waals surface area contributed by atoms with Crippen LogP contribution in [0.25, 0.3) is 0 Å². The van der Waals surface area contributed by atoms with Crippen LogP contribution in [-0.2, 0) is 19.1 Å². The average Bonchev–Trinajstić information content (AvgIpc) is 2.31. The molecule has 0 saturated carbocycles. The molecular formula is C9H13N3O4. The molecule has 0 aliphatic rings. The van der Waals surface area contributed by atoms with Crippen molar-refractivity contribution in [1.82, 2.24) is 10.2 Å². The van der Waals surface area contributed by atoms with Crippen LogP contribution in [0, 0.1) is 11.3 Å². The standard InChI is InChI=1S/C9H13N3O4/c1-12(6-3-7(13)16-2)9(15)8(14)11-5-4-10/h3,5-6H2,1-2H3,(H,11,14). The Kier molecular flexibility index (Phi) is 6.28. The van der Waals surface area contributed by atoms with E-state index in [9.17, 15) is 14.4 Å². The highest BCUT2D eigenvalue weighted by Gasteiger charge is 2.18. The first-order chi connectivity index (χ1) is 7.52. The quantitative estimate of drug-likeness (QED) is 0.363. The molecule has 88 valence electrons. The van der Waals surface area contributed by atoms with Crippen molar-refractivity contribution in [3.63, 3.8) is 0 Å². The van der Waals surface area contributed by atoms with E-state index >= 15 is 0 Å². The van der Waals surface area contributed by atoms with Crippen LogP contribution in [0.5, 0.6) is 0 Å². The van der Waals surface area contributed by atoms with Crippen molar-refractivity contribution < 1.29 is 19.1 Å². The largest absolute Gasteiger partial charge is 0.469 e.